The summed E-state index contributed by atoms with van der Waals surface area (Å²) in [6.45, 7) is 11.0. The molecule has 1 unspecified atom stereocenters. The third-order valence-corrected chi connectivity index (χ3v) is 6.42. The van der Waals surface area contributed by atoms with E-state index in [4.69, 9.17) is 0 Å². The van der Waals surface area contributed by atoms with Crippen molar-refractivity contribution in [2.45, 2.75) is 63.8 Å². The Morgan fingerprint density at radius 3 is 2.39 bits per heavy atom. The summed E-state index contributed by atoms with van der Waals surface area (Å²) in [6, 6.07) is 0. The second kappa shape index (κ2) is 7.35. The van der Waals surface area contributed by atoms with Crippen LogP contribution in [0.15, 0.2) is 12.3 Å². The van der Waals surface area contributed by atoms with E-state index in [2.05, 4.69) is 29.0 Å². The quantitative estimate of drug-likeness (QED) is 0.822. The van der Waals surface area contributed by atoms with Gasteiger partial charge in [0.05, 0.1) is 0 Å². The number of carbonyl (C=O) groups is 1. The van der Waals surface area contributed by atoms with Crippen LogP contribution in [0.2, 0.25) is 0 Å². The van der Waals surface area contributed by atoms with Crippen LogP contribution in [0.5, 0.6) is 0 Å². The number of nitrogens with one attached hydrogen (secondary N) is 2. The molecule has 1 saturated carbocycles. The van der Waals surface area contributed by atoms with E-state index < -0.39 is 0 Å². The molecule has 0 aromatic rings. The molecule has 2 N–H and O–H groups in total. The van der Waals surface area contributed by atoms with Gasteiger partial charge in [-0.1, -0.05) is 19.4 Å². The van der Waals surface area contributed by atoms with Gasteiger partial charge in [0.2, 0.25) is 5.91 Å². The van der Waals surface area contributed by atoms with Gasteiger partial charge >= 0.3 is 0 Å². The summed E-state index contributed by atoms with van der Waals surface area (Å²) in [5, 5.41) is 6.45. The minimum Gasteiger partial charge on any atom is -0.330 e. The number of carbonyl (C=O) groups excluding carboxylic acids is 1. The van der Waals surface area contributed by atoms with Crippen molar-refractivity contribution in [2.75, 3.05) is 26.2 Å². The standard InChI is InChI=1S/C19H33N3O/c1-15-7-8-17(18(23)21-15)16-5-3-9-19(2,10-4-6-16)22-13-11-20-12-14-22/h16-17,20H,1,3-14H2,2H3,(H,21,23). The lowest BCUT2D eigenvalue weighted by molar-refractivity contribution is -0.127. The summed E-state index contributed by atoms with van der Waals surface area (Å²) in [5.41, 5.74) is 1.28. The van der Waals surface area contributed by atoms with E-state index in [1.165, 1.54) is 51.6 Å². The Hall–Kier alpha value is -0.870. The minimum atomic E-state index is 0.226. The van der Waals surface area contributed by atoms with E-state index in [1.807, 2.05) is 0 Å². The van der Waals surface area contributed by atoms with Crippen molar-refractivity contribution in [3.63, 3.8) is 0 Å². The molecule has 4 nitrogen and oxygen atoms in total. The van der Waals surface area contributed by atoms with E-state index >= 15 is 0 Å². The van der Waals surface area contributed by atoms with Crippen LogP contribution in [0.3, 0.4) is 0 Å². The van der Waals surface area contributed by atoms with Crippen molar-refractivity contribution in [2.24, 2.45) is 11.8 Å². The van der Waals surface area contributed by atoms with Gasteiger partial charge in [0.1, 0.15) is 0 Å². The first kappa shape index (κ1) is 17.0. The molecule has 0 aromatic heterocycles. The first-order valence-electron chi connectivity index (χ1n) is 9.53. The summed E-state index contributed by atoms with van der Waals surface area (Å²) in [6.07, 6.45) is 9.48. The molecule has 3 aliphatic rings. The van der Waals surface area contributed by atoms with E-state index in [9.17, 15) is 4.79 Å². The van der Waals surface area contributed by atoms with Gasteiger partial charge in [-0.2, -0.15) is 0 Å². The monoisotopic (exact) mass is 319 g/mol. The topological polar surface area (TPSA) is 44.4 Å². The molecule has 0 bridgehead atoms. The third kappa shape index (κ3) is 3.97. The van der Waals surface area contributed by atoms with Crippen molar-refractivity contribution >= 4 is 5.91 Å². The molecule has 1 atom stereocenters. The van der Waals surface area contributed by atoms with Crippen LogP contribution in [-0.4, -0.2) is 42.5 Å². The number of allylic oxidation sites excluding steroid dienone is 1. The first-order chi connectivity index (χ1) is 11.1. The van der Waals surface area contributed by atoms with Gasteiger partial charge in [0.15, 0.2) is 0 Å². The largest absolute Gasteiger partial charge is 0.330 e. The Bertz CT molecular complexity index is 432. The maximum Gasteiger partial charge on any atom is 0.227 e. The zero-order valence-electron chi connectivity index (χ0n) is 14.7. The van der Waals surface area contributed by atoms with Crippen LogP contribution in [0.25, 0.3) is 0 Å². The predicted octanol–water partition coefficient (Wildman–Crippen LogP) is 2.66. The highest BCUT2D eigenvalue weighted by Crippen LogP contribution is 2.38. The van der Waals surface area contributed by atoms with Crippen LogP contribution >= 0.6 is 0 Å². The van der Waals surface area contributed by atoms with Crippen molar-refractivity contribution in [3.8, 4) is 0 Å². The molecule has 2 heterocycles. The first-order valence-corrected chi connectivity index (χ1v) is 9.53. The predicted molar refractivity (Wildman–Crippen MR) is 94.0 cm³/mol. The van der Waals surface area contributed by atoms with Gasteiger partial charge in [0, 0.05) is 43.3 Å². The zero-order chi connectivity index (χ0) is 16.3. The summed E-state index contributed by atoms with van der Waals surface area (Å²) < 4.78 is 0. The van der Waals surface area contributed by atoms with Crippen molar-refractivity contribution in [3.05, 3.63) is 12.3 Å². The van der Waals surface area contributed by atoms with Gasteiger partial charge in [-0.05, 0) is 51.4 Å². The maximum absolute atomic E-state index is 12.3. The number of hydrogen-bond acceptors (Lipinski definition) is 3. The maximum atomic E-state index is 12.3. The molecule has 130 valence electrons. The van der Waals surface area contributed by atoms with Crippen molar-refractivity contribution < 1.29 is 4.79 Å². The van der Waals surface area contributed by atoms with E-state index in [0.29, 0.717) is 11.5 Å². The lowest BCUT2D eigenvalue weighted by atomic mass is 9.74. The van der Waals surface area contributed by atoms with Crippen LogP contribution < -0.4 is 10.6 Å². The fraction of sp³-hybridized carbons (Fsp3) is 0.842. The Balaban J connectivity index is 1.56. The molecule has 3 fully saturated rings. The minimum absolute atomic E-state index is 0.226. The smallest absolute Gasteiger partial charge is 0.227 e. The molecule has 2 aliphatic heterocycles. The Kier molecular flexibility index (Phi) is 5.42. The van der Waals surface area contributed by atoms with Crippen LogP contribution in [0.4, 0.5) is 0 Å². The molecule has 23 heavy (non-hydrogen) atoms. The van der Waals surface area contributed by atoms with E-state index in [-0.39, 0.29) is 11.8 Å². The van der Waals surface area contributed by atoms with E-state index in [1.54, 1.807) is 0 Å². The third-order valence-electron chi connectivity index (χ3n) is 6.42. The molecule has 1 amide bonds. The summed E-state index contributed by atoms with van der Waals surface area (Å²) in [4.78, 5) is 15.0. The fourth-order valence-electron chi connectivity index (χ4n) is 4.92. The average Bonchev–Trinajstić information content (AvgIpc) is 2.52. The van der Waals surface area contributed by atoms with Crippen molar-refractivity contribution in [1.82, 2.24) is 15.5 Å². The number of piperazine rings is 1. The fourth-order valence-corrected chi connectivity index (χ4v) is 4.92. The molecule has 0 aromatic carbocycles. The normalized spacial score (nSPS) is 37.8. The summed E-state index contributed by atoms with van der Waals surface area (Å²) in [5.74, 6) is 1.04. The highest BCUT2D eigenvalue weighted by atomic mass is 16.2. The Labute approximate surface area is 141 Å². The summed E-state index contributed by atoms with van der Waals surface area (Å²) in [7, 11) is 0. The van der Waals surface area contributed by atoms with Crippen molar-refractivity contribution in [1.29, 1.82) is 0 Å². The van der Waals surface area contributed by atoms with E-state index in [0.717, 1.165) is 31.6 Å². The van der Waals surface area contributed by atoms with Gasteiger partial charge in [-0.15, -0.1) is 0 Å². The van der Waals surface area contributed by atoms with Gasteiger partial charge in [-0.25, -0.2) is 0 Å². The molecule has 2 saturated heterocycles. The second-order valence-electron chi connectivity index (χ2n) is 8.02. The number of piperidine rings is 1. The number of amides is 1. The SMILES string of the molecule is C=C1CCC(C2CCCC(C)(N3CCNCC3)CCC2)C(=O)N1. The average molecular weight is 319 g/mol. The lowest BCUT2D eigenvalue weighted by Gasteiger charge is -2.46. The molecule has 0 spiro atoms. The van der Waals surface area contributed by atoms with Crippen LogP contribution in [0, 0.1) is 11.8 Å². The zero-order valence-corrected chi connectivity index (χ0v) is 14.7. The molecule has 3 rings (SSSR count). The van der Waals surface area contributed by atoms with Crippen LogP contribution in [-0.2, 0) is 4.79 Å². The van der Waals surface area contributed by atoms with Gasteiger partial charge < -0.3 is 10.6 Å². The second-order valence-corrected chi connectivity index (χ2v) is 8.02. The molecule has 4 heteroatoms. The number of rotatable bonds is 2. The number of nitrogens with zero attached hydrogens (tertiary/aromatic N) is 1. The highest BCUT2D eigenvalue weighted by molar-refractivity contribution is 5.81. The Morgan fingerprint density at radius 1 is 1.13 bits per heavy atom. The Morgan fingerprint density at radius 2 is 1.78 bits per heavy atom. The molecular weight excluding hydrogens is 286 g/mol. The molecule has 1 aliphatic carbocycles. The molecule has 0 radical (unpaired) electrons. The van der Waals surface area contributed by atoms with Crippen LogP contribution in [0.1, 0.15) is 58.3 Å². The van der Waals surface area contributed by atoms with Gasteiger partial charge in [0.25, 0.3) is 0 Å². The number of hydrogen-bond donors (Lipinski definition) is 2. The summed E-state index contributed by atoms with van der Waals surface area (Å²) >= 11 is 0. The van der Waals surface area contributed by atoms with Gasteiger partial charge in [-0.3, -0.25) is 9.69 Å². The lowest BCUT2D eigenvalue weighted by Crippen LogP contribution is -2.55. The molecular formula is C19H33N3O. The highest BCUT2D eigenvalue weighted by Gasteiger charge is 2.36.